The molecule has 0 aliphatic rings. The zero-order valence-corrected chi connectivity index (χ0v) is 12.4. The first-order valence-electron chi connectivity index (χ1n) is 6.09. The fraction of sp³-hybridized carbons (Fsp3) is 0.143. The molecule has 2 aromatic rings. The molecule has 0 spiro atoms. The van der Waals surface area contributed by atoms with Gasteiger partial charge in [0.25, 0.3) is 0 Å². The lowest BCUT2D eigenvalue weighted by Crippen LogP contribution is -2.36. The Bertz CT molecular complexity index is 519. The van der Waals surface area contributed by atoms with Crippen LogP contribution in [0, 0.1) is 0 Å². The third-order valence-electron chi connectivity index (χ3n) is 2.56. The standard InChI is InChI=1S/C14H14N4S2/c19-13(17-9-11-3-1-5-15-7-11)14(20)18-10-12-4-2-6-16-8-12/h1-8H,9-10H2,(H,17,19)(H,18,20). The van der Waals surface area contributed by atoms with Crippen molar-refractivity contribution in [3.8, 4) is 0 Å². The Hall–Kier alpha value is -1.92. The van der Waals surface area contributed by atoms with Crippen molar-refractivity contribution in [1.29, 1.82) is 0 Å². The van der Waals surface area contributed by atoms with E-state index in [4.69, 9.17) is 24.4 Å². The number of pyridine rings is 2. The quantitative estimate of drug-likeness (QED) is 0.843. The van der Waals surface area contributed by atoms with Crippen LogP contribution in [0.15, 0.2) is 49.1 Å². The second-order valence-corrected chi connectivity index (χ2v) is 4.90. The van der Waals surface area contributed by atoms with Gasteiger partial charge in [0.1, 0.15) is 9.98 Å². The van der Waals surface area contributed by atoms with Gasteiger partial charge < -0.3 is 10.6 Å². The summed E-state index contributed by atoms with van der Waals surface area (Å²) >= 11 is 10.5. The van der Waals surface area contributed by atoms with Crippen LogP contribution >= 0.6 is 24.4 Å². The molecule has 0 atom stereocenters. The van der Waals surface area contributed by atoms with E-state index < -0.39 is 0 Å². The smallest absolute Gasteiger partial charge is 0.134 e. The monoisotopic (exact) mass is 302 g/mol. The van der Waals surface area contributed by atoms with E-state index in [1.165, 1.54) is 0 Å². The summed E-state index contributed by atoms with van der Waals surface area (Å²) in [6.45, 7) is 1.22. The van der Waals surface area contributed by atoms with E-state index in [2.05, 4.69) is 20.6 Å². The number of rotatable bonds is 4. The summed E-state index contributed by atoms with van der Waals surface area (Å²) in [6.07, 6.45) is 7.06. The summed E-state index contributed by atoms with van der Waals surface area (Å²) in [4.78, 5) is 9.16. The molecule has 2 aromatic heterocycles. The lowest BCUT2D eigenvalue weighted by molar-refractivity contribution is 0.900. The number of hydrogen-bond donors (Lipinski definition) is 2. The van der Waals surface area contributed by atoms with Crippen molar-refractivity contribution in [3.05, 3.63) is 60.2 Å². The molecule has 0 bridgehead atoms. The first-order chi connectivity index (χ1) is 9.75. The predicted molar refractivity (Wildman–Crippen MR) is 87.3 cm³/mol. The van der Waals surface area contributed by atoms with Crippen LogP contribution in [0.4, 0.5) is 0 Å². The van der Waals surface area contributed by atoms with Crippen LogP contribution in [0.1, 0.15) is 11.1 Å². The van der Waals surface area contributed by atoms with Crippen molar-refractivity contribution >= 4 is 34.4 Å². The van der Waals surface area contributed by atoms with Gasteiger partial charge in [-0.05, 0) is 23.3 Å². The fourth-order valence-corrected chi connectivity index (χ4v) is 1.82. The number of hydrogen-bond acceptors (Lipinski definition) is 4. The lowest BCUT2D eigenvalue weighted by atomic mass is 10.3. The summed E-state index contributed by atoms with van der Waals surface area (Å²) < 4.78 is 0. The SMILES string of the molecule is S=C(NCc1cccnc1)C(=S)NCc1cccnc1. The normalized spacial score (nSPS) is 9.80. The zero-order valence-electron chi connectivity index (χ0n) is 10.7. The molecule has 6 heteroatoms. The number of aromatic nitrogens is 2. The summed E-state index contributed by atoms with van der Waals surface area (Å²) in [6, 6.07) is 7.74. The first-order valence-corrected chi connectivity index (χ1v) is 6.91. The van der Waals surface area contributed by atoms with Gasteiger partial charge in [-0.25, -0.2) is 0 Å². The van der Waals surface area contributed by atoms with Gasteiger partial charge in [0.2, 0.25) is 0 Å². The minimum Gasteiger partial charge on any atom is -0.370 e. The molecule has 0 aromatic carbocycles. The van der Waals surface area contributed by atoms with Crippen LogP contribution in [-0.4, -0.2) is 19.9 Å². The molecule has 0 saturated carbocycles. The Morgan fingerprint density at radius 1 is 0.850 bits per heavy atom. The maximum Gasteiger partial charge on any atom is 0.134 e. The molecule has 2 rings (SSSR count). The summed E-state index contributed by atoms with van der Waals surface area (Å²) in [7, 11) is 0. The van der Waals surface area contributed by atoms with Crippen molar-refractivity contribution in [2.75, 3.05) is 0 Å². The third kappa shape index (κ3) is 4.64. The number of nitrogens with zero attached hydrogens (tertiary/aromatic N) is 2. The number of nitrogens with one attached hydrogen (secondary N) is 2. The van der Waals surface area contributed by atoms with Crippen molar-refractivity contribution in [2.45, 2.75) is 13.1 Å². The third-order valence-corrected chi connectivity index (χ3v) is 3.38. The Balaban J connectivity index is 1.76. The molecule has 102 valence electrons. The molecule has 0 fully saturated rings. The van der Waals surface area contributed by atoms with Crippen molar-refractivity contribution < 1.29 is 0 Å². The summed E-state index contributed by atoms with van der Waals surface area (Å²) in [5.74, 6) is 0. The average Bonchev–Trinajstić information content (AvgIpc) is 2.52. The van der Waals surface area contributed by atoms with Crippen LogP contribution in [-0.2, 0) is 13.1 Å². The average molecular weight is 302 g/mol. The highest BCUT2D eigenvalue weighted by atomic mass is 32.1. The first kappa shape index (κ1) is 14.5. The minimum atomic E-state index is 0.535. The largest absolute Gasteiger partial charge is 0.370 e. The van der Waals surface area contributed by atoms with Crippen LogP contribution < -0.4 is 10.6 Å². The van der Waals surface area contributed by atoms with Gasteiger partial charge in [-0.2, -0.15) is 0 Å². The Labute approximate surface area is 128 Å². The van der Waals surface area contributed by atoms with E-state index in [1.54, 1.807) is 24.8 Å². The highest BCUT2D eigenvalue weighted by Gasteiger charge is 2.04. The summed E-state index contributed by atoms with van der Waals surface area (Å²) in [5.41, 5.74) is 2.12. The molecular weight excluding hydrogens is 288 g/mol. The van der Waals surface area contributed by atoms with Crippen LogP contribution in [0.5, 0.6) is 0 Å². The van der Waals surface area contributed by atoms with Crippen LogP contribution in [0.25, 0.3) is 0 Å². The van der Waals surface area contributed by atoms with E-state index in [0.717, 1.165) is 11.1 Å². The van der Waals surface area contributed by atoms with Gasteiger partial charge >= 0.3 is 0 Å². The molecule has 20 heavy (non-hydrogen) atoms. The molecule has 0 amide bonds. The lowest BCUT2D eigenvalue weighted by Gasteiger charge is -2.11. The molecule has 0 radical (unpaired) electrons. The second-order valence-electron chi connectivity index (χ2n) is 4.09. The van der Waals surface area contributed by atoms with Crippen LogP contribution in [0.3, 0.4) is 0 Å². The fourth-order valence-electron chi connectivity index (χ4n) is 1.53. The molecule has 0 saturated heterocycles. The Morgan fingerprint density at radius 3 is 1.65 bits per heavy atom. The zero-order chi connectivity index (χ0) is 14.2. The second kappa shape index (κ2) is 7.62. The van der Waals surface area contributed by atoms with Gasteiger partial charge in [0.15, 0.2) is 0 Å². The number of thiocarbonyl (C=S) groups is 2. The molecular formula is C14H14N4S2. The van der Waals surface area contributed by atoms with E-state index in [1.807, 2.05) is 24.3 Å². The molecule has 2 heterocycles. The van der Waals surface area contributed by atoms with Crippen molar-refractivity contribution in [1.82, 2.24) is 20.6 Å². The molecule has 0 unspecified atom stereocenters. The minimum absolute atomic E-state index is 0.535. The molecule has 4 nitrogen and oxygen atoms in total. The predicted octanol–water partition coefficient (Wildman–Crippen LogP) is 2.01. The van der Waals surface area contributed by atoms with Gasteiger partial charge in [0.05, 0.1) is 0 Å². The maximum absolute atomic E-state index is 5.24. The Morgan fingerprint density at radius 2 is 1.30 bits per heavy atom. The maximum atomic E-state index is 5.24. The molecule has 0 aliphatic carbocycles. The Kier molecular flexibility index (Phi) is 5.52. The van der Waals surface area contributed by atoms with Crippen molar-refractivity contribution in [2.24, 2.45) is 0 Å². The van der Waals surface area contributed by atoms with E-state index in [9.17, 15) is 0 Å². The highest BCUT2D eigenvalue weighted by molar-refractivity contribution is 7.89. The highest BCUT2D eigenvalue weighted by Crippen LogP contribution is 1.96. The van der Waals surface area contributed by atoms with Gasteiger partial charge in [-0.3, -0.25) is 9.97 Å². The van der Waals surface area contributed by atoms with Crippen molar-refractivity contribution in [3.63, 3.8) is 0 Å². The van der Waals surface area contributed by atoms with Gasteiger partial charge in [-0.1, -0.05) is 36.6 Å². The summed E-state index contributed by atoms with van der Waals surface area (Å²) in [5, 5.41) is 6.21. The molecule has 0 aliphatic heterocycles. The van der Waals surface area contributed by atoms with E-state index in [-0.39, 0.29) is 0 Å². The van der Waals surface area contributed by atoms with Gasteiger partial charge in [-0.15, -0.1) is 0 Å². The van der Waals surface area contributed by atoms with E-state index in [0.29, 0.717) is 23.1 Å². The molecule has 2 N–H and O–H groups in total. The van der Waals surface area contributed by atoms with Gasteiger partial charge in [0, 0.05) is 37.9 Å². The van der Waals surface area contributed by atoms with E-state index >= 15 is 0 Å². The topological polar surface area (TPSA) is 49.8 Å². The van der Waals surface area contributed by atoms with Crippen LogP contribution in [0.2, 0.25) is 0 Å².